The Kier molecular flexibility index (Phi) is 6.83. The number of fused-ring (bicyclic) bond motifs is 1. The third kappa shape index (κ3) is 5.48. The Bertz CT molecular complexity index is 1300. The molecule has 1 heterocycles. The predicted octanol–water partition coefficient (Wildman–Crippen LogP) is 5.49. The monoisotopic (exact) mass is 504 g/mol. The fourth-order valence-electron chi connectivity index (χ4n) is 3.74. The minimum Gasteiger partial charge on any atom is -0.455 e. The van der Waals surface area contributed by atoms with Crippen molar-refractivity contribution >= 4 is 34.8 Å². The van der Waals surface area contributed by atoms with Crippen LogP contribution in [0.5, 0.6) is 0 Å². The first kappa shape index (κ1) is 24.3. The molecule has 1 aliphatic rings. The van der Waals surface area contributed by atoms with Crippen LogP contribution in [0.1, 0.15) is 56.2 Å². The molecule has 0 radical (unpaired) electrons. The van der Waals surface area contributed by atoms with E-state index in [1.807, 2.05) is 0 Å². The van der Waals surface area contributed by atoms with Crippen molar-refractivity contribution in [2.75, 3.05) is 5.43 Å². The summed E-state index contributed by atoms with van der Waals surface area (Å²) in [4.78, 5) is 24.9. The maximum atomic E-state index is 13.0. The molecular formula is C24H20ClF3N4O3. The second-order valence-corrected chi connectivity index (χ2v) is 8.31. The van der Waals surface area contributed by atoms with E-state index in [2.05, 4.69) is 21.4 Å². The van der Waals surface area contributed by atoms with Crippen molar-refractivity contribution < 1.29 is 27.2 Å². The van der Waals surface area contributed by atoms with Crippen LogP contribution in [0.4, 0.5) is 18.9 Å². The van der Waals surface area contributed by atoms with Crippen LogP contribution in [0, 0.1) is 6.92 Å². The first-order valence-electron chi connectivity index (χ1n) is 10.6. The summed E-state index contributed by atoms with van der Waals surface area (Å²) >= 11 is 5.81. The predicted molar refractivity (Wildman–Crippen MR) is 124 cm³/mol. The molecule has 2 amide bonds. The lowest BCUT2D eigenvalue weighted by atomic mass is 9.93. The van der Waals surface area contributed by atoms with Crippen molar-refractivity contribution in [1.29, 1.82) is 0 Å². The number of hydrazine groups is 1. The normalized spacial score (nSPS) is 14.4. The van der Waals surface area contributed by atoms with Crippen LogP contribution in [0.15, 0.2) is 58.0 Å². The summed E-state index contributed by atoms with van der Waals surface area (Å²) in [6, 6.07) is 10.9. The Morgan fingerprint density at radius 3 is 2.46 bits per heavy atom. The summed E-state index contributed by atoms with van der Waals surface area (Å²) in [6.45, 7) is 1.68. The van der Waals surface area contributed by atoms with Crippen molar-refractivity contribution in [2.24, 2.45) is 5.10 Å². The van der Waals surface area contributed by atoms with E-state index in [1.54, 1.807) is 19.1 Å². The number of halogens is 4. The third-order valence-corrected chi connectivity index (χ3v) is 5.69. The zero-order valence-corrected chi connectivity index (χ0v) is 19.2. The van der Waals surface area contributed by atoms with Gasteiger partial charge >= 0.3 is 12.1 Å². The van der Waals surface area contributed by atoms with Gasteiger partial charge in [0.15, 0.2) is 5.76 Å². The van der Waals surface area contributed by atoms with Gasteiger partial charge in [-0.2, -0.15) is 18.3 Å². The molecule has 0 fully saturated rings. The van der Waals surface area contributed by atoms with Crippen molar-refractivity contribution in [3.63, 3.8) is 0 Å². The van der Waals surface area contributed by atoms with Crippen molar-refractivity contribution in [2.45, 2.75) is 32.4 Å². The van der Waals surface area contributed by atoms with Crippen molar-refractivity contribution in [3.8, 4) is 0 Å². The number of carbonyl (C=O) groups is 2. The summed E-state index contributed by atoms with van der Waals surface area (Å²) in [7, 11) is 0. The number of hydrogen-bond donors (Lipinski definition) is 3. The highest BCUT2D eigenvalue weighted by atomic mass is 35.5. The Balaban J connectivity index is 1.49. The number of aryl methyl sites for hydroxylation is 1. The van der Waals surface area contributed by atoms with Gasteiger partial charge in [-0.15, -0.1) is 0 Å². The molecule has 11 heteroatoms. The van der Waals surface area contributed by atoms with Crippen LogP contribution in [-0.4, -0.2) is 17.5 Å². The second kappa shape index (κ2) is 9.83. The molecule has 2 aromatic carbocycles. The molecule has 0 unspecified atom stereocenters. The van der Waals surface area contributed by atoms with Crippen LogP contribution in [0.2, 0.25) is 5.02 Å². The molecule has 182 valence electrons. The summed E-state index contributed by atoms with van der Waals surface area (Å²) < 4.78 is 44.7. The molecule has 1 aromatic heterocycles. The fraction of sp³-hybridized carbons (Fsp3) is 0.208. The number of rotatable bonds is 4. The lowest BCUT2D eigenvalue weighted by Gasteiger charge is -2.14. The molecular weight excluding hydrogens is 485 g/mol. The van der Waals surface area contributed by atoms with E-state index in [4.69, 9.17) is 16.0 Å². The van der Waals surface area contributed by atoms with Crippen LogP contribution < -0.4 is 16.3 Å². The zero-order chi connectivity index (χ0) is 25.2. The van der Waals surface area contributed by atoms with Crippen LogP contribution in [0.25, 0.3) is 0 Å². The summed E-state index contributed by atoms with van der Waals surface area (Å²) in [6.07, 6.45) is -2.65. The number of benzene rings is 2. The number of furan rings is 1. The number of alkyl halides is 3. The third-order valence-electron chi connectivity index (χ3n) is 5.44. The van der Waals surface area contributed by atoms with Crippen LogP contribution >= 0.6 is 11.6 Å². The molecule has 0 spiro atoms. The number of nitrogens with zero attached hydrogens (tertiary/aromatic N) is 1. The van der Waals surface area contributed by atoms with Crippen molar-refractivity contribution in [1.82, 2.24) is 10.9 Å². The fourth-order valence-corrected chi connectivity index (χ4v) is 3.86. The Labute approximate surface area is 203 Å². The second-order valence-electron chi connectivity index (χ2n) is 7.87. The first-order valence-corrected chi connectivity index (χ1v) is 11.0. The van der Waals surface area contributed by atoms with Gasteiger partial charge < -0.3 is 4.42 Å². The zero-order valence-electron chi connectivity index (χ0n) is 18.4. The first-order chi connectivity index (χ1) is 16.6. The van der Waals surface area contributed by atoms with E-state index < -0.39 is 23.6 Å². The maximum absolute atomic E-state index is 13.0. The summed E-state index contributed by atoms with van der Waals surface area (Å²) in [5.41, 5.74) is 8.74. The molecule has 0 bridgehead atoms. The lowest BCUT2D eigenvalue weighted by Crippen LogP contribution is -2.41. The van der Waals surface area contributed by atoms with E-state index >= 15 is 0 Å². The molecule has 0 aliphatic heterocycles. The summed E-state index contributed by atoms with van der Waals surface area (Å²) in [5.74, 6) is -0.617. The quantitative estimate of drug-likeness (QED) is 0.409. The molecule has 3 aromatic rings. The number of anilines is 1. The van der Waals surface area contributed by atoms with Gasteiger partial charge in [-0.25, -0.2) is 0 Å². The summed E-state index contributed by atoms with van der Waals surface area (Å²) in [5, 5.41) is 4.77. The standard InChI is InChI=1S/C24H20ClF3N4O3/c1-13-20-18(30-29-17-5-2-4-15(12-17)24(26,27)28)6-3-7-19(20)35-21(13)23(34)32-31-22(33)14-8-10-16(25)11-9-14/h2,4-5,8-12,29H,3,6-7H2,1H3,(H,31,33)(H,32,34)/b30-18+. The molecule has 35 heavy (non-hydrogen) atoms. The number of carbonyl (C=O) groups excluding carboxylic acids is 2. The smallest absolute Gasteiger partial charge is 0.416 e. The van der Waals surface area contributed by atoms with Gasteiger partial charge in [0, 0.05) is 28.1 Å². The number of hydrazone groups is 1. The topological polar surface area (TPSA) is 95.7 Å². The molecule has 4 rings (SSSR count). The average molecular weight is 505 g/mol. The Hall–Kier alpha value is -3.79. The number of amides is 2. The molecule has 0 saturated carbocycles. The minimum absolute atomic E-state index is 0.0140. The number of hydrogen-bond acceptors (Lipinski definition) is 5. The molecule has 1 aliphatic carbocycles. The van der Waals surface area contributed by atoms with E-state index in [9.17, 15) is 22.8 Å². The lowest BCUT2D eigenvalue weighted by molar-refractivity contribution is -0.137. The minimum atomic E-state index is -4.46. The van der Waals surface area contributed by atoms with Gasteiger partial charge in [0.1, 0.15) is 5.76 Å². The highest BCUT2D eigenvalue weighted by Crippen LogP contribution is 2.32. The van der Waals surface area contributed by atoms with Gasteiger partial charge in [0.25, 0.3) is 5.91 Å². The largest absolute Gasteiger partial charge is 0.455 e. The van der Waals surface area contributed by atoms with Gasteiger partial charge in [0.05, 0.1) is 17.0 Å². The molecule has 0 saturated heterocycles. The van der Waals surface area contributed by atoms with E-state index in [0.717, 1.165) is 12.1 Å². The molecule has 7 nitrogen and oxygen atoms in total. The van der Waals surface area contributed by atoms with Crippen LogP contribution in [-0.2, 0) is 12.6 Å². The van der Waals surface area contributed by atoms with Crippen LogP contribution in [0.3, 0.4) is 0 Å². The maximum Gasteiger partial charge on any atom is 0.416 e. The van der Waals surface area contributed by atoms with E-state index in [-0.39, 0.29) is 11.4 Å². The Morgan fingerprint density at radius 2 is 1.74 bits per heavy atom. The number of nitrogens with one attached hydrogen (secondary N) is 3. The average Bonchev–Trinajstić information content (AvgIpc) is 3.18. The SMILES string of the molecule is Cc1c(C(=O)NNC(=O)c2ccc(Cl)cc2)oc2c1/C(=N/Nc1cccc(C(F)(F)F)c1)CCC2. The van der Waals surface area contributed by atoms with Crippen molar-refractivity contribution in [3.05, 3.63) is 87.3 Å². The van der Waals surface area contributed by atoms with Gasteiger partial charge in [-0.05, 0) is 62.2 Å². The van der Waals surface area contributed by atoms with E-state index in [1.165, 1.54) is 24.3 Å². The molecule has 0 atom stereocenters. The highest BCUT2D eigenvalue weighted by molar-refractivity contribution is 6.30. The Morgan fingerprint density at radius 1 is 1.03 bits per heavy atom. The van der Waals surface area contributed by atoms with Gasteiger partial charge in [-0.1, -0.05) is 17.7 Å². The highest BCUT2D eigenvalue weighted by Gasteiger charge is 2.31. The molecule has 3 N–H and O–H groups in total. The van der Waals surface area contributed by atoms with E-state index in [0.29, 0.717) is 52.4 Å². The van der Waals surface area contributed by atoms with Gasteiger partial charge in [0.2, 0.25) is 0 Å². The van der Waals surface area contributed by atoms with Gasteiger partial charge in [-0.3, -0.25) is 25.9 Å².